The van der Waals surface area contributed by atoms with Crippen LogP contribution in [0.25, 0.3) is 0 Å². The summed E-state index contributed by atoms with van der Waals surface area (Å²) in [4.78, 5) is 48.7. The summed E-state index contributed by atoms with van der Waals surface area (Å²) < 4.78 is 0. The van der Waals surface area contributed by atoms with Gasteiger partial charge in [0.15, 0.2) is 5.78 Å². The van der Waals surface area contributed by atoms with E-state index in [0.29, 0.717) is 12.6 Å². The first-order valence-electron chi connectivity index (χ1n) is 8.13. The molecule has 25 heavy (non-hydrogen) atoms. The van der Waals surface area contributed by atoms with E-state index in [-0.39, 0.29) is 31.2 Å². The highest BCUT2D eigenvalue weighted by atomic mass is 16.2. The van der Waals surface area contributed by atoms with Crippen LogP contribution in [0.4, 0.5) is 0 Å². The molecule has 0 aliphatic heterocycles. The van der Waals surface area contributed by atoms with Crippen molar-refractivity contribution in [2.75, 3.05) is 20.6 Å². The maximum absolute atomic E-state index is 12.5. The molecule has 0 bridgehead atoms. The van der Waals surface area contributed by atoms with Crippen LogP contribution >= 0.6 is 0 Å². The van der Waals surface area contributed by atoms with E-state index in [2.05, 4.69) is 10.6 Å². The summed E-state index contributed by atoms with van der Waals surface area (Å²) in [6, 6.07) is -1.83. The third kappa shape index (κ3) is 10.2. The van der Waals surface area contributed by atoms with Crippen LogP contribution in [0.1, 0.15) is 33.1 Å². The van der Waals surface area contributed by atoms with Gasteiger partial charge in [-0.2, -0.15) is 0 Å². The standard InChI is InChI=1S/C16H29N5O4/c1-10(2)7-13(19-14(23)9-21(3)4)16(25)20-12(15(18)24)6-5-11(22)8-17/h8,10,12-13,17H,5-7,9H2,1-4H3,(H2,18,24)(H,19,23)(H,20,25)/t12-,13-/m0/s1. The number of nitrogens with zero attached hydrogens (tertiary/aromatic N) is 1. The lowest BCUT2D eigenvalue weighted by Crippen LogP contribution is -2.54. The van der Waals surface area contributed by atoms with Gasteiger partial charge >= 0.3 is 0 Å². The number of primary amides is 1. The molecule has 0 unspecified atom stereocenters. The molecule has 0 aliphatic rings. The van der Waals surface area contributed by atoms with Crippen molar-refractivity contribution in [3.8, 4) is 0 Å². The minimum Gasteiger partial charge on any atom is -0.368 e. The summed E-state index contributed by atoms with van der Waals surface area (Å²) in [5.74, 6) is -1.91. The maximum atomic E-state index is 12.5. The predicted molar refractivity (Wildman–Crippen MR) is 94.1 cm³/mol. The Morgan fingerprint density at radius 2 is 1.72 bits per heavy atom. The first kappa shape index (κ1) is 22.7. The van der Waals surface area contributed by atoms with Gasteiger partial charge < -0.3 is 26.7 Å². The number of nitrogens with one attached hydrogen (secondary N) is 3. The van der Waals surface area contributed by atoms with Gasteiger partial charge in [-0.1, -0.05) is 13.8 Å². The van der Waals surface area contributed by atoms with Crippen molar-refractivity contribution in [1.29, 1.82) is 5.41 Å². The first-order valence-corrected chi connectivity index (χ1v) is 8.13. The Hall–Kier alpha value is -2.29. The van der Waals surface area contributed by atoms with Gasteiger partial charge in [0.25, 0.3) is 0 Å². The van der Waals surface area contributed by atoms with Crippen LogP contribution in [0.5, 0.6) is 0 Å². The van der Waals surface area contributed by atoms with E-state index in [0.717, 1.165) is 0 Å². The average Bonchev–Trinajstić information content (AvgIpc) is 2.48. The summed E-state index contributed by atoms with van der Waals surface area (Å²) >= 11 is 0. The van der Waals surface area contributed by atoms with Crippen LogP contribution in [0, 0.1) is 11.3 Å². The van der Waals surface area contributed by atoms with E-state index in [9.17, 15) is 19.2 Å². The number of nitrogens with two attached hydrogens (primary N) is 1. The SMILES string of the molecule is CC(C)C[C@H](NC(=O)CN(C)C)C(=O)N[C@@H](CCC(=O)C=N)C(N)=O. The van der Waals surface area contributed by atoms with Crippen LogP contribution in [0.15, 0.2) is 0 Å². The average molecular weight is 355 g/mol. The molecule has 0 aromatic rings. The van der Waals surface area contributed by atoms with Crippen molar-refractivity contribution >= 4 is 29.7 Å². The fourth-order valence-corrected chi connectivity index (χ4v) is 2.15. The molecule has 0 saturated carbocycles. The molecule has 9 nitrogen and oxygen atoms in total. The van der Waals surface area contributed by atoms with Crippen molar-refractivity contribution in [2.24, 2.45) is 11.7 Å². The van der Waals surface area contributed by atoms with E-state index >= 15 is 0 Å². The number of hydrogen-bond donors (Lipinski definition) is 4. The number of carbonyl (C=O) groups is 4. The van der Waals surface area contributed by atoms with Gasteiger partial charge in [-0.15, -0.1) is 0 Å². The maximum Gasteiger partial charge on any atom is 0.243 e. The highest BCUT2D eigenvalue weighted by Crippen LogP contribution is 2.07. The lowest BCUT2D eigenvalue weighted by atomic mass is 10.0. The summed E-state index contributed by atoms with van der Waals surface area (Å²) in [5.41, 5.74) is 5.27. The minimum absolute atomic E-state index is 0.00926. The second-order valence-corrected chi connectivity index (χ2v) is 6.60. The molecule has 5 N–H and O–H groups in total. The molecule has 142 valence electrons. The number of Topliss-reactive ketones (excluding diaryl/α,β-unsaturated/α-hetero) is 1. The van der Waals surface area contributed by atoms with Crippen LogP contribution in [0.3, 0.4) is 0 Å². The van der Waals surface area contributed by atoms with Gasteiger partial charge in [0, 0.05) is 6.42 Å². The zero-order valence-corrected chi connectivity index (χ0v) is 15.3. The lowest BCUT2D eigenvalue weighted by Gasteiger charge is -2.23. The van der Waals surface area contributed by atoms with Gasteiger partial charge in [0.2, 0.25) is 17.7 Å². The van der Waals surface area contributed by atoms with E-state index in [1.54, 1.807) is 19.0 Å². The third-order valence-corrected chi connectivity index (χ3v) is 3.32. The monoisotopic (exact) mass is 355 g/mol. The minimum atomic E-state index is -1.03. The second-order valence-electron chi connectivity index (χ2n) is 6.60. The Morgan fingerprint density at radius 3 is 2.16 bits per heavy atom. The molecule has 0 saturated heterocycles. The Balaban J connectivity index is 4.94. The lowest BCUT2D eigenvalue weighted by molar-refractivity contribution is -0.132. The molecule has 0 aromatic carbocycles. The second kappa shape index (κ2) is 11.3. The number of hydrogen-bond acceptors (Lipinski definition) is 6. The van der Waals surface area contributed by atoms with Gasteiger partial charge in [-0.05, 0) is 32.9 Å². The Kier molecular flexibility index (Phi) is 10.3. The van der Waals surface area contributed by atoms with Crippen molar-refractivity contribution in [3.05, 3.63) is 0 Å². The van der Waals surface area contributed by atoms with Gasteiger partial charge in [-0.3, -0.25) is 19.2 Å². The quantitative estimate of drug-likeness (QED) is 0.333. The van der Waals surface area contributed by atoms with Crippen molar-refractivity contribution in [2.45, 2.75) is 45.2 Å². The Bertz CT molecular complexity index is 505. The molecule has 0 aliphatic carbocycles. The zero-order valence-electron chi connectivity index (χ0n) is 15.3. The van der Waals surface area contributed by atoms with Gasteiger partial charge in [-0.25, -0.2) is 0 Å². The molecule has 0 radical (unpaired) electrons. The highest BCUT2D eigenvalue weighted by Gasteiger charge is 2.26. The van der Waals surface area contributed by atoms with E-state index in [1.165, 1.54) is 0 Å². The van der Waals surface area contributed by atoms with Gasteiger partial charge in [0.05, 0.1) is 12.8 Å². The third-order valence-electron chi connectivity index (χ3n) is 3.32. The number of likely N-dealkylation sites (N-methyl/N-ethyl adjacent to an activating group) is 1. The number of carbonyl (C=O) groups excluding carboxylic acids is 4. The Morgan fingerprint density at radius 1 is 1.12 bits per heavy atom. The fourth-order valence-electron chi connectivity index (χ4n) is 2.15. The topological polar surface area (TPSA) is 145 Å². The number of ketones is 1. The summed E-state index contributed by atoms with van der Waals surface area (Å²) in [7, 11) is 3.47. The molecule has 3 amide bonds. The molecule has 0 aromatic heterocycles. The van der Waals surface area contributed by atoms with Crippen LogP contribution in [-0.4, -0.2) is 67.3 Å². The van der Waals surface area contributed by atoms with Crippen LogP contribution in [0.2, 0.25) is 0 Å². The van der Waals surface area contributed by atoms with E-state index < -0.39 is 29.7 Å². The summed E-state index contributed by atoms with van der Waals surface area (Å²) in [6.45, 7) is 3.95. The molecular weight excluding hydrogens is 326 g/mol. The van der Waals surface area contributed by atoms with Crippen molar-refractivity contribution in [3.63, 3.8) is 0 Å². The molecule has 0 rings (SSSR count). The molecule has 0 spiro atoms. The van der Waals surface area contributed by atoms with Crippen LogP contribution < -0.4 is 16.4 Å². The van der Waals surface area contributed by atoms with Gasteiger partial charge in [0.1, 0.15) is 12.1 Å². The van der Waals surface area contributed by atoms with Crippen molar-refractivity contribution < 1.29 is 19.2 Å². The summed E-state index contributed by atoms with van der Waals surface area (Å²) in [5, 5.41) is 12.0. The number of amides is 3. The molecule has 2 atom stereocenters. The summed E-state index contributed by atoms with van der Waals surface area (Å²) in [6.07, 6.45) is 0.993. The Labute approximate surface area is 148 Å². The first-order chi connectivity index (χ1) is 11.6. The highest BCUT2D eigenvalue weighted by molar-refractivity contribution is 6.26. The number of rotatable bonds is 12. The van der Waals surface area contributed by atoms with E-state index in [4.69, 9.17) is 11.1 Å². The smallest absolute Gasteiger partial charge is 0.243 e. The molecule has 9 heteroatoms. The van der Waals surface area contributed by atoms with Crippen molar-refractivity contribution in [1.82, 2.24) is 15.5 Å². The normalized spacial score (nSPS) is 13.2. The molecule has 0 fully saturated rings. The predicted octanol–water partition coefficient (Wildman–Crippen LogP) is -0.952. The molecular formula is C16H29N5O4. The fraction of sp³-hybridized carbons (Fsp3) is 0.688. The molecule has 0 heterocycles. The van der Waals surface area contributed by atoms with Crippen LogP contribution in [-0.2, 0) is 19.2 Å². The van der Waals surface area contributed by atoms with E-state index in [1.807, 2.05) is 13.8 Å². The largest absolute Gasteiger partial charge is 0.368 e. The zero-order chi connectivity index (χ0) is 19.6.